The van der Waals surface area contributed by atoms with Gasteiger partial charge in [0.2, 0.25) is 0 Å². The second-order valence-electron chi connectivity index (χ2n) is 6.66. The van der Waals surface area contributed by atoms with Crippen LogP contribution in [0.25, 0.3) is 0 Å². The molecular formula is C23H19FN4. The quantitative estimate of drug-likeness (QED) is 0.655. The second-order valence-corrected chi connectivity index (χ2v) is 6.66. The summed E-state index contributed by atoms with van der Waals surface area (Å²) in [5.41, 5.74) is 4.77. The molecule has 0 atom stereocenters. The van der Waals surface area contributed by atoms with Crippen molar-refractivity contribution in [2.45, 2.75) is 13.8 Å². The van der Waals surface area contributed by atoms with Crippen molar-refractivity contribution < 1.29 is 4.39 Å². The molecule has 0 aliphatic carbocycles. The van der Waals surface area contributed by atoms with Crippen molar-refractivity contribution in [3.8, 4) is 0 Å². The van der Waals surface area contributed by atoms with Gasteiger partial charge in [0.15, 0.2) is 17.5 Å². The fraction of sp³-hybridized carbons (Fsp3) is 0.0870. The largest absolute Gasteiger partial charge is 0.337 e. The molecule has 0 unspecified atom stereocenters. The van der Waals surface area contributed by atoms with Crippen molar-refractivity contribution in [2.75, 3.05) is 5.32 Å². The molecular weight excluding hydrogens is 351 g/mol. The van der Waals surface area contributed by atoms with Gasteiger partial charge in [-0.25, -0.2) is 19.4 Å². The maximum absolute atomic E-state index is 13.3. The predicted octanol–water partition coefficient (Wildman–Crippen LogP) is 5.44. The van der Waals surface area contributed by atoms with E-state index < -0.39 is 0 Å². The number of aryl methyl sites for hydroxylation is 2. The van der Waals surface area contributed by atoms with E-state index in [1.165, 1.54) is 17.7 Å². The van der Waals surface area contributed by atoms with Crippen LogP contribution in [-0.2, 0) is 0 Å². The minimum Gasteiger partial charge on any atom is -0.337 e. The second kappa shape index (κ2) is 7.56. The van der Waals surface area contributed by atoms with Crippen LogP contribution in [0.4, 0.5) is 15.8 Å². The lowest BCUT2D eigenvalue weighted by atomic mass is 10.2. The summed E-state index contributed by atoms with van der Waals surface area (Å²) in [5, 5.41) is 3.29. The summed E-state index contributed by atoms with van der Waals surface area (Å²) >= 11 is 0. The first-order valence-electron chi connectivity index (χ1n) is 8.99. The van der Waals surface area contributed by atoms with E-state index in [0.717, 1.165) is 22.5 Å². The summed E-state index contributed by atoms with van der Waals surface area (Å²) in [5.74, 6) is 1.26. The topological polar surface area (TPSA) is 49.1 Å². The normalized spacial score (nSPS) is 14.8. The molecule has 0 saturated heterocycles. The first-order valence-corrected chi connectivity index (χ1v) is 8.99. The van der Waals surface area contributed by atoms with Crippen LogP contribution in [0.2, 0.25) is 0 Å². The Labute approximate surface area is 163 Å². The van der Waals surface area contributed by atoms with Crippen molar-refractivity contribution in [1.82, 2.24) is 0 Å². The van der Waals surface area contributed by atoms with Gasteiger partial charge in [-0.05, 0) is 62.4 Å². The molecule has 0 spiro atoms. The van der Waals surface area contributed by atoms with E-state index in [9.17, 15) is 4.39 Å². The molecule has 3 aromatic rings. The maximum atomic E-state index is 13.3. The van der Waals surface area contributed by atoms with Crippen LogP contribution in [0, 0.1) is 19.7 Å². The summed E-state index contributed by atoms with van der Waals surface area (Å²) in [6.07, 6.45) is 0. The molecule has 138 valence electrons. The van der Waals surface area contributed by atoms with Crippen LogP contribution in [-0.4, -0.2) is 17.5 Å². The number of aliphatic imine (C=N–C) groups is 3. The molecule has 3 aromatic carbocycles. The minimum absolute atomic E-state index is 0.294. The lowest BCUT2D eigenvalue weighted by Crippen LogP contribution is -2.18. The van der Waals surface area contributed by atoms with Gasteiger partial charge in [0.25, 0.3) is 0 Å². The van der Waals surface area contributed by atoms with Crippen LogP contribution >= 0.6 is 0 Å². The van der Waals surface area contributed by atoms with Gasteiger partial charge < -0.3 is 5.32 Å². The van der Waals surface area contributed by atoms with Crippen molar-refractivity contribution in [1.29, 1.82) is 0 Å². The van der Waals surface area contributed by atoms with Crippen molar-refractivity contribution in [3.05, 3.63) is 95.3 Å². The Bertz CT molecular complexity index is 1080. The van der Waals surface area contributed by atoms with E-state index in [1.54, 1.807) is 12.1 Å². The number of nitrogens with zero attached hydrogens (tertiary/aromatic N) is 3. The standard InChI is InChI=1S/C23H19FN4/c1-15-3-11-19(12-4-15)25-22-23(26-20-13-5-16(2)6-14-20)28-21(27-22)17-7-9-18(24)10-8-17/h3-14H,1-2H3,(H,25,26,27,28). The summed E-state index contributed by atoms with van der Waals surface area (Å²) in [7, 11) is 0. The zero-order valence-corrected chi connectivity index (χ0v) is 15.6. The summed E-state index contributed by atoms with van der Waals surface area (Å²) < 4.78 is 13.3. The lowest BCUT2D eigenvalue weighted by molar-refractivity contribution is 0.628. The van der Waals surface area contributed by atoms with Gasteiger partial charge in [-0.2, -0.15) is 0 Å². The molecule has 1 heterocycles. The molecule has 0 amide bonds. The molecule has 1 aliphatic rings. The Hall–Kier alpha value is -3.60. The number of nitrogens with one attached hydrogen (secondary N) is 1. The van der Waals surface area contributed by atoms with Crippen LogP contribution < -0.4 is 5.32 Å². The molecule has 0 saturated carbocycles. The van der Waals surface area contributed by atoms with E-state index in [4.69, 9.17) is 0 Å². The zero-order valence-electron chi connectivity index (χ0n) is 15.6. The molecule has 4 nitrogen and oxygen atoms in total. The Morgan fingerprint density at radius 1 is 0.750 bits per heavy atom. The maximum Gasteiger partial charge on any atom is 0.198 e. The smallest absolute Gasteiger partial charge is 0.198 e. The number of benzene rings is 3. The molecule has 4 rings (SSSR count). The van der Waals surface area contributed by atoms with Gasteiger partial charge in [-0.1, -0.05) is 35.4 Å². The Morgan fingerprint density at radius 3 is 2.00 bits per heavy atom. The molecule has 0 fully saturated rings. The highest BCUT2D eigenvalue weighted by Crippen LogP contribution is 2.18. The number of hydrogen-bond acceptors (Lipinski definition) is 3. The number of halogens is 1. The Kier molecular flexibility index (Phi) is 4.81. The molecule has 5 heteroatoms. The van der Waals surface area contributed by atoms with Gasteiger partial charge in [0, 0.05) is 11.3 Å². The van der Waals surface area contributed by atoms with E-state index in [2.05, 4.69) is 20.3 Å². The average Bonchev–Trinajstić information content (AvgIpc) is 3.08. The van der Waals surface area contributed by atoms with E-state index >= 15 is 0 Å². The summed E-state index contributed by atoms with van der Waals surface area (Å²) in [4.78, 5) is 13.8. The highest BCUT2D eigenvalue weighted by atomic mass is 19.1. The first-order chi connectivity index (χ1) is 13.6. The average molecular weight is 370 g/mol. The van der Waals surface area contributed by atoms with Crippen LogP contribution in [0.3, 0.4) is 0 Å². The third-order valence-corrected chi connectivity index (χ3v) is 4.33. The third kappa shape index (κ3) is 4.04. The molecule has 0 bridgehead atoms. The van der Waals surface area contributed by atoms with Crippen LogP contribution in [0.1, 0.15) is 16.7 Å². The summed E-state index contributed by atoms with van der Waals surface area (Å²) in [6, 6.07) is 22.0. The van der Waals surface area contributed by atoms with Crippen molar-refractivity contribution in [2.24, 2.45) is 15.0 Å². The van der Waals surface area contributed by atoms with E-state index in [0.29, 0.717) is 17.5 Å². The Morgan fingerprint density at radius 2 is 1.36 bits per heavy atom. The monoisotopic (exact) mass is 370 g/mol. The lowest BCUT2D eigenvalue weighted by Gasteiger charge is -2.06. The zero-order chi connectivity index (χ0) is 19.5. The molecule has 0 radical (unpaired) electrons. The van der Waals surface area contributed by atoms with Gasteiger partial charge in [0.1, 0.15) is 5.82 Å². The molecule has 1 N–H and O–H groups in total. The highest BCUT2D eigenvalue weighted by Gasteiger charge is 2.20. The fourth-order valence-corrected chi connectivity index (χ4v) is 2.74. The fourth-order valence-electron chi connectivity index (χ4n) is 2.74. The van der Waals surface area contributed by atoms with E-state index in [1.807, 2.05) is 62.4 Å². The highest BCUT2D eigenvalue weighted by molar-refractivity contribution is 6.51. The third-order valence-electron chi connectivity index (χ3n) is 4.33. The number of hydrogen-bond donors (Lipinski definition) is 1. The van der Waals surface area contributed by atoms with Gasteiger partial charge in [0.05, 0.1) is 5.69 Å². The predicted molar refractivity (Wildman–Crippen MR) is 113 cm³/mol. The number of rotatable bonds is 3. The van der Waals surface area contributed by atoms with Crippen molar-refractivity contribution >= 4 is 28.9 Å². The van der Waals surface area contributed by atoms with Crippen molar-refractivity contribution in [3.63, 3.8) is 0 Å². The molecule has 1 aliphatic heterocycles. The van der Waals surface area contributed by atoms with Crippen LogP contribution in [0.15, 0.2) is 87.8 Å². The van der Waals surface area contributed by atoms with Gasteiger partial charge in [-0.3, -0.25) is 0 Å². The Balaban J connectivity index is 1.71. The number of amidine groups is 3. The first kappa shape index (κ1) is 17.8. The van der Waals surface area contributed by atoms with E-state index in [-0.39, 0.29) is 5.82 Å². The molecule has 28 heavy (non-hydrogen) atoms. The minimum atomic E-state index is -0.294. The van der Waals surface area contributed by atoms with Crippen LogP contribution in [0.5, 0.6) is 0 Å². The SMILES string of the molecule is Cc1ccc(N=C2N=C(c3ccc(F)cc3)N=C2Nc2ccc(C)cc2)cc1. The molecule has 0 aromatic heterocycles. The summed E-state index contributed by atoms with van der Waals surface area (Å²) in [6.45, 7) is 4.07. The van der Waals surface area contributed by atoms with Gasteiger partial charge >= 0.3 is 0 Å². The number of anilines is 1. The van der Waals surface area contributed by atoms with Gasteiger partial charge in [-0.15, -0.1) is 0 Å².